The molecule has 3 rings (SSSR count). The van der Waals surface area contributed by atoms with Crippen molar-refractivity contribution in [3.8, 4) is 11.5 Å². The quantitative estimate of drug-likeness (QED) is 0.903. The molecular formula is C17H22N2O4. The van der Waals surface area contributed by atoms with Crippen LogP contribution in [0.2, 0.25) is 0 Å². The Morgan fingerprint density at radius 1 is 1.30 bits per heavy atom. The van der Waals surface area contributed by atoms with Gasteiger partial charge >= 0.3 is 0 Å². The summed E-state index contributed by atoms with van der Waals surface area (Å²) in [7, 11) is 0. The van der Waals surface area contributed by atoms with E-state index < -0.39 is 6.04 Å². The Balaban J connectivity index is 1.85. The van der Waals surface area contributed by atoms with Gasteiger partial charge in [0.25, 0.3) is 5.91 Å². The van der Waals surface area contributed by atoms with Crippen molar-refractivity contribution in [2.45, 2.75) is 33.2 Å². The molecule has 0 aliphatic carbocycles. The van der Waals surface area contributed by atoms with Gasteiger partial charge in [0.15, 0.2) is 11.5 Å². The summed E-state index contributed by atoms with van der Waals surface area (Å²) in [4.78, 5) is 26.8. The first-order chi connectivity index (χ1) is 10.8. The molecule has 2 aliphatic rings. The van der Waals surface area contributed by atoms with Gasteiger partial charge in [-0.15, -0.1) is 0 Å². The number of hydrogen-bond donors (Lipinski definition) is 1. The summed E-state index contributed by atoms with van der Waals surface area (Å²) < 4.78 is 10.6. The van der Waals surface area contributed by atoms with Crippen molar-refractivity contribution < 1.29 is 19.1 Å². The molecule has 2 heterocycles. The van der Waals surface area contributed by atoms with Crippen molar-refractivity contribution in [2.75, 3.05) is 19.9 Å². The molecular weight excluding hydrogens is 296 g/mol. The van der Waals surface area contributed by atoms with E-state index in [4.69, 9.17) is 9.47 Å². The van der Waals surface area contributed by atoms with Crippen LogP contribution >= 0.6 is 0 Å². The largest absolute Gasteiger partial charge is 0.454 e. The lowest BCUT2D eigenvalue weighted by molar-refractivity contribution is -0.128. The molecule has 23 heavy (non-hydrogen) atoms. The van der Waals surface area contributed by atoms with E-state index in [1.807, 2.05) is 0 Å². The minimum absolute atomic E-state index is 0.0488. The van der Waals surface area contributed by atoms with Crippen molar-refractivity contribution in [1.82, 2.24) is 10.2 Å². The molecule has 0 bridgehead atoms. The smallest absolute Gasteiger partial charge is 0.254 e. The Hall–Kier alpha value is -2.24. The number of rotatable bonds is 2. The van der Waals surface area contributed by atoms with Crippen LogP contribution in [0.3, 0.4) is 0 Å². The number of nitrogens with zero attached hydrogens (tertiary/aromatic N) is 1. The average molecular weight is 318 g/mol. The molecule has 0 aromatic heterocycles. The van der Waals surface area contributed by atoms with Gasteiger partial charge in [-0.05, 0) is 30.0 Å². The molecule has 1 unspecified atom stereocenters. The molecule has 1 aromatic rings. The van der Waals surface area contributed by atoms with Crippen LogP contribution in [0, 0.1) is 5.41 Å². The maximum absolute atomic E-state index is 12.9. The molecule has 124 valence electrons. The molecule has 6 heteroatoms. The number of nitrogens with one attached hydrogen (secondary N) is 1. The third-order valence-electron chi connectivity index (χ3n) is 4.02. The first kappa shape index (κ1) is 15.6. The highest BCUT2D eigenvalue weighted by Crippen LogP contribution is 2.33. The van der Waals surface area contributed by atoms with Crippen LogP contribution in [-0.2, 0) is 4.79 Å². The Labute approximate surface area is 135 Å². The van der Waals surface area contributed by atoms with Gasteiger partial charge in [0, 0.05) is 18.7 Å². The Morgan fingerprint density at radius 3 is 2.78 bits per heavy atom. The average Bonchev–Trinajstić information content (AvgIpc) is 2.94. The van der Waals surface area contributed by atoms with Crippen molar-refractivity contribution in [3.63, 3.8) is 0 Å². The molecule has 2 aliphatic heterocycles. The Kier molecular flexibility index (Phi) is 3.92. The molecule has 1 saturated heterocycles. The number of piperazine rings is 1. The van der Waals surface area contributed by atoms with Crippen LogP contribution in [0.25, 0.3) is 0 Å². The fourth-order valence-corrected chi connectivity index (χ4v) is 2.94. The van der Waals surface area contributed by atoms with E-state index >= 15 is 0 Å². The fourth-order valence-electron chi connectivity index (χ4n) is 2.94. The number of benzene rings is 1. The number of fused-ring (bicyclic) bond motifs is 1. The zero-order valence-corrected chi connectivity index (χ0v) is 13.7. The Morgan fingerprint density at radius 2 is 2.04 bits per heavy atom. The van der Waals surface area contributed by atoms with E-state index in [0.717, 1.165) is 0 Å². The van der Waals surface area contributed by atoms with Crippen LogP contribution in [0.1, 0.15) is 37.6 Å². The van der Waals surface area contributed by atoms with Crippen molar-refractivity contribution in [3.05, 3.63) is 23.8 Å². The third-order valence-corrected chi connectivity index (χ3v) is 4.02. The number of ether oxygens (including phenoxy) is 2. The van der Waals surface area contributed by atoms with Crippen LogP contribution < -0.4 is 14.8 Å². The predicted octanol–water partition coefficient (Wildman–Crippen LogP) is 1.79. The van der Waals surface area contributed by atoms with E-state index in [9.17, 15) is 9.59 Å². The highest BCUT2D eigenvalue weighted by Gasteiger charge is 2.36. The first-order valence-corrected chi connectivity index (χ1v) is 7.83. The van der Waals surface area contributed by atoms with Crippen molar-refractivity contribution in [1.29, 1.82) is 0 Å². The number of carbonyl (C=O) groups is 2. The molecule has 0 saturated carbocycles. The van der Waals surface area contributed by atoms with Gasteiger partial charge in [-0.2, -0.15) is 0 Å². The second kappa shape index (κ2) is 5.76. The van der Waals surface area contributed by atoms with Crippen LogP contribution in [0.4, 0.5) is 0 Å². The lowest BCUT2D eigenvalue weighted by Gasteiger charge is -2.38. The van der Waals surface area contributed by atoms with Gasteiger partial charge in [-0.3, -0.25) is 9.59 Å². The van der Waals surface area contributed by atoms with Gasteiger partial charge in [0.05, 0.1) is 0 Å². The van der Waals surface area contributed by atoms with Crippen molar-refractivity contribution in [2.24, 2.45) is 5.41 Å². The zero-order chi connectivity index (χ0) is 16.6. The van der Waals surface area contributed by atoms with Gasteiger partial charge in [0.1, 0.15) is 6.04 Å². The van der Waals surface area contributed by atoms with Crippen LogP contribution in [-0.4, -0.2) is 42.6 Å². The molecule has 0 spiro atoms. The minimum Gasteiger partial charge on any atom is -0.454 e. The maximum atomic E-state index is 12.9. The maximum Gasteiger partial charge on any atom is 0.254 e. The second-order valence-corrected chi connectivity index (χ2v) is 7.14. The molecule has 0 radical (unpaired) electrons. The molecule has 1 fully saturated rings. The fraction of sp³-hybridized carbons (Fsp3) is 0.529. The zero-order valence-electron chi connectivity index (χ0n) is 13.7. The summed E-state index contributed by atoms with van der Waals surface area (Å²) in [6.45, 7) is 7.37. The monoisotopic (exact) mass is 318 g/mol. The number of hydrogen-bond acceptors (Lipinski definition) is 4. The standard InChI is InChI=1S/C17H22N2O4/c1-17(2,3)9-12-15(20)18-6-7-19(12)16(21)11-4-5-13-14(8-11)23-10-22-13/h4-5,8,12H,6-7,9-10H2,1-3H3,(H,18,20). The van der Waals surface area contributed by atoms with Crippen LogP contribution in [0.15, 0.2) is 18.2 Å². The summed E-state index contributed by atoms with van der Waals surface area (Å²) in [6, 6.07) is 4.70. The van der Waals surface area contributed by atoms with E-state index in [2.05, 4.69) is 26.1 Å². The van der Waals surface area contributed by atoms with Crippen LogP contribution in [0.5, 0.6) is 11.5 Å². The lowest BCUT2D eigenvalue weighted by atomic mass is 9.86. The van der Waals surface area contributed by atoms with Gasteiger partial charge in [-0.25, -0.2) is 0 Å². The summed E-state index contributed by atoms with van der Waals surface area (Å²) in [5.74, 6) is 0.988. The third kappa shape index (κ3) is 3.25. The number of amides is 2. The topological polar surface area (TPSA) is 67.9 Å². The summed E-state index contributed by atoms with van der Waals surface area (Å²) >= 11 is 0. The van der Waals surface area contributed by atoms with E-state index in [1.165, 1.54) is 0 Å². The van der Waals surface area contributed by atoms with Gasteiger partial charge in [0.2, 0.25) is 12.7 Å². The molecule has 1 atom stereocenters. The summed E-state index contributed by atoms with van der Waals surface area (Å²) in [5, 5.41) is 2.86. The predicted molar refractivity (Wildman–Crippen MR) is 84.5 cm³/mol. The minimum atomic E-state index is -0.443. The van der Waals surface area contributed by atoms with Gasteiger partial charge < -0.3 is 19.7 Å². The molecule has 2 amide bonds. The Bertz CT molecular complexity index is 636. The van der Waals surface area contributed by atoms with Gasteiger partial charge in [-0.1, -0.05) is 20.8 Å². The van der Waals surface area contributed by atoms with E-state index in [0.29, 0.717) is 36.6 Å². The van der Waals surface area contributed by atoms with Crippen molar-refractivity contribution >= 4 is 11.8 Å². The highest BCUT2D eigenvalue weighted by molar-refractivity contribution is 5.98. The number of carbonyl (C=O) groups excluding carboxylic acids is 2. The lowest BCUT2D eigenvalue weighted by Crippen LogP contribution is -2.58. The SMILES string of the molecule is CC(C)(C)CC1C(=O)NCCN1C(=O)c1ccc2c(c1)OCO2. The molecule has 1 N–H and O–H groups in total. The van der Waals surface area contributed by atoms with E-state index in [1.54, 1.807) is 23.1 Å². The molecule has 6 nitrogen and oxygen atoms in total. The summed E-state index contributed by atoms with van der Waals surface area (Å²) in [6.07, 6.45) is 0.620. The highest BCUT2D eigenvalue weighted by atomic mass is 16.7. The molecule has 1 aromatic carbocycles. The summed E-state index contributed by atoms with van der Waals surface area (Å²) in [5.41, 5.74) is 0.468. The normalized spacial score (nSPS) is 20.4. The first-order valence-electron chi connectivity index (χ1n) is 7.83. The van der Waals surface area contributed by atoms with E-state index in [-0.39, 0.29) is 24.0 Å². The second-order valence-electron chi connectivity index (χ2n) is 7.14.